The molecule has 0 bridgehead atoms. The molecule has 0 amide bonds. The molecule has 0 radical (unpaired) electrons. The molecule has 0 saturated carbocycles. The lowest BCUT2D eigenvalue weighted by atomic mass is 10.2. The Kier molecular flexibility index (Phi) is 4.87. The Morgan fingerprint density at radius 2 is 1.71 bits per heavy atom. The fourth-order valence-corrected chi connectivity index (χ4v) is 4.66. The minimum Gasteiger partial charge on any atom is -0.366 e. The molecule has 1 fully saturated rings. The number of hydrogen-bond acceptors (Lipinski definition) is 3. The molecule has 128 valence electrons. The van der Waals surface area contributed by atoms with Gasteiger partial charge >= 0.3 is 0 Å². The highest BCUT2D eigenvalue weighted by Crippen LogP contribution is 2.22. The van der Waals surface area contributed by atoms with Crippen LogP contribution >= 0.6 is 0 Å². The molecule has 0 aromatic heterocycles. The van der Waals surface area contributed by atoms with E-state index in [1.165, 1.54) is 24.3 Å². The summed E-state index contributed by atoms with van der Waals surface area (Å²) in [5.41, 5.74) is 1.72. The molecular formula is C18H21FN2O2S. The van der Waals surface area contributed by atoms with E-state index in [-0.39, 0.29) is 17.6 Å². The van der Waals surface area contributed by atoms with Gasteiger partial charge in [0.15, 0.2) is 0 Å². The molecule has 2 aromatic rings. The number of halogens is 1. The van der Waals surface area contributed by atoms with Gasteiger partial charge in [-0.2, -0.15) is 4.31 Å². The lowest BCUT2D eigenvalue weighted by molar-refractivity contribution is 0.342. The van der Waals surface area contributed by atoms with Gasteiger partial charge in [-0.25, -0.2) is 12.8 Å². The average molecular weight is 348 g/mol. The quantitative estimate of drug-likeness (QED) is 0.853. The van der Waals surface area contributed by atoms with Crippen molar-refractivity contribution in [1.29, 1.82) is 0 Å². The third-order valence-electron chi connectivity index (χ3n) is 4.33. The number of anilines is 1. The first kappa shape index (κ1) is 16.9. The van der Waals surface area contributed by atoms with E-state index in [1.54, 1.807) is 4.31 Å². The number of piperazine rings is 1. The highest BCUT2D eigenvalue weighted by molar-refractivity contribution is 7.88. The summed E-state index contributed by atoms with van der Waals surface area (Å²) in [6.07, 6.45) is 0. The maximum absolute atomic E-state index is 13.0. The second-order valence-corrected chi connectivity index (χ2v) is 8.09. The summed E-state index contributed by atoms with van der Waals surface area (Å²) in [7, 11) is -3.40. The summed E-state index contributed by atoms with van der Waals surface area (Å²) >= 11 is 0. The van der Waals surface area contributed by atoms with Crippen molar-refractivity contribution >= 4 is 15.7 Å². The lowest BCUT2D eigenvalue weighted by Crippen LogP contribution is -2.53. The van der Waals surface area contributed by atoms with E-state index in [2.05, 4.69) is 4.90 Å². The van der Waals surface area contributed by atoms with E-state index >= 15 is 0 Å². The van der Waals surface area contributed by atoms with Crippen LogP contribution in [0.25, 0.3) is 0 Å². The Bertz CT molecular complexity index is 778. The van der Waals surface area contributed by atoms with Gasteiger partial charge in [-0.05, 0) is 36.8 Å². The third-order valence-corrected chi connectivity index (χ3v) is 6.15. The van der Waals surface area contributed by atoms with Crippen LogP contribution in [0.5, 0.6) is 0 Å². The summed E-state index contributed by atoms with van der Waals surface area (Å²) < 4.78 is 39.8. The van der Waals surface area contributed by atoms with Crippen molar-refractivity contribution in [2.75, 3.05) is 24.5 Å². The predicted octanol–water partition coefficient (Wildman–Crippen LogP) is 2.87. The van der Waals surface area contributed by atoms with Crippen molar-refractivity contribution in [1.82, 2.24) is 4.31 Å². The van der Waals surface area contributed by atoms with E-state index in [0.717, 1.165) is 5.69 Å². The van der Waals surface area contributed by atoms with Gasteiger partial charge in [0.1, 0.15) is 5.82 Å². The van der Waals surface area contributed by atoms with Gasteiger partial charge < -0.3 is 4.90 Å². The summed E-state index contributed by atoms with van der Waals surface area (Å²) in [4.78, 5) is 2.23. The Balaban J connectivity index is 1.69. The Morgan fingerprint density at radius 3 is 2.33 bits per heavy atom. The topological polar surface area (TPSA) is 40.6 Å². The molecule has 1 aliphatic rings. The van der Waals surface area contributed by atoms with Crippen molar-refractivity contribution in [3.8, 4) is 0 Å². The number of para-hydroxylation sites is 1. The molecule has 0 spiro atoms. The van der Waals surface area contributed by atoms with Gasteiger partial charge in [-0.3, -0.25) is 0 Å². The van der Waals surface area contributed by atoms with Crippen molar-refractivity contribution in [3.05, 3.63) is 66.0 Å². The van der Waals surface area contributed by atoms with Crippen molar-refractivity contribution in [3.63, 3.8) is 0 Å². The molecule has 3 rings (SSSR count). The van der Waals surface area contributed by atoms with Gasteiger partial charge in [0.05, 0.1) is 5.75 Å². The summed E-state index contributed by atoms with van der Waals surface area (Å²) in [5, 5.41) is 0. The molecule has 1 heterocycles. The fraction of sp³-hybridized carbons (Fsp3) is 0.333. The molecule has 6 heteroatoms. The second-order valence-electron chi connectivity index (χ2n) is 6.12. The molecule has 1 aliphatic heterocycles. The number of nitrogens with zero attached hydrogens (tertiary/aromatic N) is 2. The minimum absolute atomic E-state index is 0.0919. The maximum Gasteiger partial charge on any atom is 0.218 e. The highest BCUT2D eigenvalue weighted by atomic mass is 32.2. The smallest absolute Gasteiger partial charge is 0.218 e. The van der Waals surface area contributed by atoms with Gasteiger partial charge in [-0.15, -0.1) is 0 Å². The van der Waals surface area contributed by atoms with Crippen molar-refractivity contribution in [2.45, 2.75) is 18.7 Å². The standard InChI is InChI=1S/C18H21FN2O2S/c1-15-13-20(11-12-21(15)18-5-3-2-4-6-18)24(22,23)14-16-7-9-17(19)10-8-16/h2-10,15H,11-14H2,1H3. The van der Waals surface area contributed by atoms with Gasteiger partial charge in [0, 0.05) is 31.4 Å². The molecule has 0 aliphatic carbocycles. The highest BCUT2D eigenvalue weighted by Gasteiger charge is 2.31. The first-order chi connectivity index (χ1) is 11.5. The summed E-state index contributed by atoms with van der Waals surface area (Å²) in [6.45, 7) is 3.61. The normalized spacial score (nSPS) is 19.4. The number of rotatable bonds is 4. The van der Waals surface area contributed by atoms with Crippen LogP contribution in [-0.4, -0.2) is 38.4 Å². The summed E-state index contributed by atoms with van der Waals surface area (Å²) in [6, 6.07) is 15.8. The van der Waals surface area contributed by atoms with Crippen LogP contribution in [0, 0.1) is 5.82 Å². The van der Waals surface area contributed by atoms with Gasteiger partial charge in [0.25, 0.3) is 0 Å². The fourth-order valence-electron chi connectivity index (χ4n) is 3.06. The molecule has 0 N–H and O–H groups in total. The van der Waals surface area contributed by atoms with E-state index < -0.39 is 10.0 Å². The van der Waals surface area contributed by atoms with E-state index in [1.807, 2.05) is 37.3 Å². The Labute approximate surface area is 142 Å². The van der Waals surface area contributed by atoms with Crippen molar-refractivity contribution in [2.24, 2.45) is 0 Å². The van der Waals surface area contributed by atoms with Crippen LogP contribution in [0.1, 0.15) is 12.5 Å². The molecule has 1 atom stereocenters. The molecule has 4 nitrogen and oxygen atoms in total. The zero-order valence-electron chi connectivity index (χ0n) is 13.6. The van der Waals surface area contributed by atoms with E-state index in [9.17, 15) is 12.8 Å². The third kappa shape index (κ3) is 3.76. The Hall–Kier alpha value is -1.92. The Morgan fingerprint density at radius 1 is 1.04 bits per heavy atom. The predicted molar refractivity (Wildman–Crippen MR) is 93.8 cm³/mol. The SMILES string of the molecule is CC1CN(S(=O)(=O)Cc2ccc(F)cc2)CCN1c1ccccc1. The van der Waals surface area contributed by atoms with E-state index in [4.69, 9.17) is 0 Å². The molecule has 24 heavy (non-hydrogen) atoms. The van der Waals surface area contributed by atoms with Crippen LogP contribution in [0.2, 0.25) is 0 Å². The molecule has 1 saturated heterocycles. The van der Waals surface area contributed by atoms with Gasteiger partial charge in [-0.1, -0.05) is 30.3 Å². The van der Waals surface area contributed by atoms with Crippen LogP contribution in [0.4, 0.5) is 10.1 Å². The summed E-state index contributed by atoms with van der Waals surface area (Å²) in [5.74, 6) is -0.452. The molecule has 2 aromatic carbocycles. The van der Waals surface area contributed by atoms with Crippen LogP contribution in [0.15, 0.2) is 54.6 Å². The monoisotopic (exact) mass is 348 g/mol. The number of sulfonamides is 1. The first-order valence-electron chi connectivity index (χ1n) is 8.00. The van der Waals surface area contributed by atoms with Crippen LogP contribution in [-0.2, 0) is 15.8 Å². The van der Waals surface area contributed by atoms with Crippen molar-refractivity contribution < 1.29 is 12.8 Å². The van der Waals surface area contributed by atoms with Crippen LogP contribution < -0.4 is 4.90 Å². The molecule has 1 unspecified atom stereocenters. The maximum atomic E-state index is 13.0. The minimum atomic E-state index is -3.40. The number of hydrogen-bond donors (Lipinski definition) is 0. The lowest BCUT2D eigenvalue weighted by Gasteiger charge is -2.40. The molecular weight excluding hydrogens is 327 g/mol. The van der Waals surface area contributed by atoms with Gasteiger partial charge in [0.2, 0.25) is 10.0 Å². The van der Waals surface area contributed by atoms with E-state index in [0.29, 0.717) is 25.2 Å². The number of benzene rings is 2. The van der Waals surface area contributed by atoms with Crippen LogP contribution in [0.3, 0.4) is 0 Å². The first-order valence-corrected chi connectivity index (χ1v) is 9.60. The average Bonchev–Trinajstić information content (AvgIpc) is 2.57. The zero-order chi connectivity index (χ0) is 17.2. The zero-order valence-corrected chi connectivity index (χ0v) is 14.4. The second kappa shape index (κ2) is 6.91. The largest absolute Gasteiger partial charge is 0.366 e.